The number of pyridine rings is 2. The van der Waals surface area contributed by atoms with Gasteiger partial charge in [0, 0.05) is 73.6 Å². The number of nitrogens with one attached hydrogen (secondary N) is 1. The highest BCUT2D eigenvalue weighted by Crippen LogP contribution is 2.40. The first kappa shape index (κ1) is 22.6. The van der Waals surface area contributed by atoms with Gasteiger partial charge in [-0.25, -0.2) is 9.98 Å². The number of anilines is 1. The molecule has 0 aliphatic carbocycles. The summed E-state index contributed by atoms with van der Waals surface area (Å²) < 4.78 is 0. The molecule has 178 valence electrons. The van der Waals surface area contributed by atoms with Gasteiger partial charge in [0.15, 0.2) is 5.82 Å². The van der Waals surface area contributed by atoms with Gasteiger partial charge in [0.1, 0.15) is 11.7 Å². The molecule has 9 heteroatoms. The zero-order chi connectivity index (χ0) is 23.7. The standard InChI is InChI=1S/C25H33N9/c1-16(27)10-23(28)31-24-13-22-21(4-2-8-29-22)25(32-24)30-17-11-18-5-6-19(12-17)34(18)20-14-33(15-20)9-3-7-26/h2,4,8,10,13,17-20H,3,5-6,9,11-12,14-15,27H2,1H3,(H3,28,30,31,32)/b16-10-/t17?,18-,19+. The molecule has 0 amide bonds. The number of aromatic nitrogens is 2. The number of hydrogen-bond acceptors (Lipinski definition) is 8. The van der Waals surface area contributed by atoms with Crippen molar-refractivity contribution >= 4 is 28.4 Å². The quantitative estimate of drug-likeness (QED) is 0.425. The Morgan fingerprint density at radius 2 is 2.03 bits per heavy atom. The van der Waals surface area contributed by atoms with Crippen LogP contribution in [0.3, 0.4) is 0 Å². The monoisotopic (exact) mass is 459 g/mol. The molecule has 34 heavy (non-hydrogen) atoms. The second-order valence-electron chi connectivity index (χ2n) is 9.79. The number of nitrogens with zero attached hydrogens (tertiary/aromatic N) is 6. The molecule has 0 spiro atoms. The van der Waals surface area contributed by atoms with Gasteiger partial charge in [-0.1, -0.05) is 0 Å². The Kier molecular flexibility index (Phi) is 6.35. The zero-order valence-electron chi connectivity index (χ0n) is 19.7. The van der Waals surface area contributed by atoms with Crippen molar-refractivity contribution in [2.75, 3.05) is 25.0 Å². The second kappa shape index (κ2) is 9.57. The van der Waals surface area contributed by atoms with Crippen LogP contribution < -0.4 is 16.8 Å². The van der Waals surface area contributed by atoms with E-state index >= 15 is 0 Å². The zero-order valence-corrected chi connectivity index (χ0v) is 19.7. The third kappa shape index (κ3) is 4.69. The van der Waals surface area contributed by atoms with E-state index in [0.717, 1.165) is 49.2 Å². The molecular formula is C25H33N9. The van der Waals surface area contributed by atoms with Gasteiger partial charge < -0.3 is 16.8 Å². The minimum absolute atomic E-state index is 0.324. The van der Waals surface area contributed by atoms with E-state index in [-0.39, 0.29) is 0 Å². The maximum atomic E-state index is 8.83. The molecule has 3 fully saturated rings. The van der Waals surface area contributed by atoms with E-state index in [1.54, 1.807) is 19.2 Å². The third-order valence-corrected chi connectivity index (χ3v) is 7.23. The lowest BCUT2D eigenvalue weighted by Crippen LogP contribution is -2.64. The van der Waals surface area contributed by atoms with Crippen LogP contribution in [0.25, 0.3) is 10.9 Å². The molecule has 2 aromatic heterocycles. The van der Waals surface area contributed by atoms with Gasteiger partial charge >= 0.3 is 0 Å². The van der Waals surface area contributed by atoms with Gasteiger partial charge in [-0.3, -0.25) is 14.8 Å². The lowest BCUT2D eigenvalue weighted by atomic mass is 9.93. The van der Waals surface area contributed by atoms with Gasteiger partial charge in [-0.2, -0.15) is 5.26 Å². The number of likely N-dealkylation sites (tertiary alicyclic amines) is 1. The number of hydrogen-bond donors (Lipinski definition) is 3. The van der Waals surface area contributed by atoms with Crippen LogP contribution in [-0.4, -0.2) is 69.4 Å². The van der Waals surface area contributed by atoms with E-state index in [1.165, 1.54) is 12.8 Å². The van der Waals surface area contributed by atoms with Gasteiger partial charge in [-0.15, -0.1) is 0 Å². The Morgan fingerprint density at radius 1 is 1.26 bits per heavy atom. The highest BCUT2D eigenvalue weighted by molar-refractivity contribution is 5.95. The Morgan fingerprint density at radius 3 is 2.74 bits per heavy atom. The molecule has 2 aromatic rings. The van der Waals surface area contributed by atoms with Crippen LogP contribution >= 0.6 is 0 Å². The van der Waals surface area contributed by atoms with Crippen molar-refractivity contribution in [2.24, 2.45) is 16.5 Å². The first-order chi connectivity index (χ1) is 16.5. The van der Waals surface area contributed by atoms with Crippen molar-refractivity contribution in [3.05, 3.63) is 36.2 Å². The van der Waals surface area contributed by atoms with Crippen LogP contribution in [0.5, 0.6) is 0 Å². The molecule has 5 rings (SSSR count). The number of nitriles is 1. The van der Waals surface area contributed by atoms with E-state index in [9.17, 15) is 0 Å². The summed E-state index contributed by atoms with van der Waals surface area (Å²) in [5.41, 5.74) is 13.2. The van der Waals surface area contributed by atoms with E-state index in [2.05, 4.69) is 31.2 Å². The van der Waals surface area contributed by atoms with Crippen molar-refractivity contribution in [1.29, 1.82) is 5.26 Å². The van der Waals surface area contributed by atoms with Gasteiger partial charge in [0.25, 0.3) is 0 Å². The maximum Gasteiger partial charge on any atom is 0.158 e. The molecule has 3 aliphatic rings. The largest absolute Gasteiger partial charge is 0.402 e. The number of nitrogens with two attached hydrogens (primary N) is 2. The lowest BCUT2D eigenvalue weighted by Gasteiger charge is -2.51. The summed E-state index contributed by atoms with van der Waals surface area (Å²) in [4.78, 5) is 18.9. The molecule has 0 saturated carbocycles. The molecule has 9 nitrogen and oxygen atoms in total. The Hall–Kier alpha value is -3.22. The minimum Gasteiger partial charge on any atom is -0.402 e. The second-order valence-corrected chi connectivity index (χ2v) is 9.79. The predicted molar refractivity (Wildman–Crippen MR) is 135 cm³/mol. The topological polar surface area (TPSA) is 132 Å². The highest BCUT2D eigenvalue weighted by Gasteiger charge is 2.46. The lowest BCUT2D eigenvalue weighted by molar-refractivity contribution is -0.0136. The minimum atomic E-state index is 0.324. The first-order valence-corrected chi connectivity index (χ1v) is 12.2. The van der Waals surface area contributed by atoms with Crippen molar-refractivity contribution in [2.45, 2.75) is 63.2 Å². The van der Waals surface area contributed by atoms with Crippen LogP contribution in [0.4, 0.5) is 11.6 Å². The number of piperidine rings is 1. The summed E-state index contributed by atoms with van der Waals surface area (Å²) in [6.07, 6.45) is 8.78. The molecule has 3 atom stereocenters. The molecule has 5 heterocycles. The smallest absolute Gasteiger partial charge is 0.158 e. The van der Waals surface area contributed by atoms with E-state index < -0.39 is 0 Å². The van der Waals surface area contributed by atoms with Crippen LogP contribution in [-0.2, 0) is 0 Å². The Balaban J connectivity index is 1.31. The Bertz CT molecular complexity index is 1130. The molecule has 3 aliphatic heterocycles. The number of aliphatic imine (C=N–C) groups is 1. The number of allylic oxidation sites excluding steroid dienone is 1. The van der Waals surface area contributed by atoms with Gasteiger partial charge in [-0.05, 0) is 50.8 Å². The molecule has 5 N–H and O–H groups in total. The van der Waals surface area contributed by atoms with E-state index in [0.29, 0.717) is 47.9 Å². The average molecular weight is 460 g/mol. The number of amidine groups is 1. The number of fused-ring (bicyclic) bond motifs is 3. The molecule has 2 bridgehead atoms. The third-order valence-electron chi connectivity index (χ3n) is 7.23. The summed E-state index contributed by atoms with van der Waals surface area (Å²) in [5, 5.41) is 13.6. The van der Waals surface area contributed by atoms with Crippen LogP contribution in [0, 0.1) is 11.3 Å². The van der Waals surface area contributed by atoms with E-state index in [1.807, 2.05) is 18.2 Å². The summed E-state index contributed by atoms with van der Waals surface area (Å²) in [5.74, 6) is 1.66. The predicted octanol–water partition coefficient (Wildman–Crippen LogP) is 2.49. The normalized spacial score (nSPS) is 26.4. The van der Waals surface area contributed by atoms with Crippen LogP contribution in [0.1, 0.15) is 39.0 Å². The summed E-state index contributed by atoms with van der Waals surface area (Å²) in [7, 11) is 0. The molecule has 0 radical (unpaired) electrons. The summed E-state index contributed by atoms with van der Waals surface area (Å²) in [6, 6.07) is 10.3. The summed E-state index contributed by atoms with van der Waals surface area (Å²) >= 11 is 0. The van der Waals surface area contributed by atoms with Crippen molar-refractivity contribution < 1.29 is 0 Å². The molecular weight excluding hydrogens is 426 g/mol. The van der Waals surface area contributed by atoms with Crippen molar-refractivity contribution in [1.82, 2.24) is 19.8 Å². The van der Waals surface area contributed by atoms with Crippen LogP contribution in [0.2, 0.25) is 0 Å². The first-order valence-electron chi connectivity index (χ1n) is 12.2. The maximum absolute atomic E-state index is 8.83. The molecule has 0 aromatic carbocycles. The van der Waals surface area contributed by atoms with E-state index in [4.69, 9.17) is 21.7 Å². The van der Waals surface area contributed by atoms with Crippen molar-refractivity contribution in [3.8, 4) is 6.07 Å². The SMILES string of the molecule is C/C(N)=C/C(N)=Nc1cc2ncccc2c(NC2C[C@H]3CC[C@@H](C2)N3C2CN(CCC#N)C2)n1. The highest BCUT2D eigenvalue weighted by atomic mass is 15.4. The van der Waals surface area contributed by atoms with Gasteiger partial charge in [0.05, 0.1) is 11.6 Å². The Labute approximate surface area is 200 Å². The fraction of sp³-hybridized carbons (Fsp3) is 0.520. The summed E-state index contributed by atoms with van der Waals surface area (Å²) in [6.45, 7) is 4.88. The average Bonchev–Trinajstić information content (AvgIpc) is 3.01. The van der Waals surface area contributed by atoms with Crippen molar-refractivity contribution in [3.63, 3.8) is 0 Å². The molecule has 3 saturated heterocycles. The van der Waals surface area contributed by atoms with Crippen LogP contribution in [0.15, 0.2) is 41.2 Å². The van der Waals surface area contributed by atoms with Gasteiger partial charge in [0.2, 0.25) is 0 Å². The molecule has 1 unspecified atom stereocenters. The fourth-order valence-corrected chi connectivity index (χ4v) is 5.87. The fourth-order valence-electron chi connectivity index (χ4n) is 5.87. The number of rotatable bonds is 7.